The number of nitrogens with zero attached hydrogens (tertiary/aromatic N) is 2. The first-order valence-electron chi connectivity index (χ1n) is 8.66. The Bertz CT molecular complexity index is 700. The highest BCUT2D eigenvalue weighted by Gasteiger charge is 2.36. The molecule has 6 heteroatoms. The molecule has 3 rings (SSSR count). The Morgan fingerprint density at radius 3 is 2.68 bits per heavy atom. The van der Waals surface area contributed by atoms with Gasteiger partial charge in [0, 0.05) is 13.1 Å². The zero-order valence-electron chi connectivity index (χ0n) is 14.6. The van der Waals surface area contributed by atoms with Crippen LogP contribution >= 0.6 is 0 Å². The van der Waals surface area contributed by atoms with Crippen molar-refractivity contribution in [1.82, 2.24) is 10.1 Å². The molecule has 3 atom stereocenters. The SMILES string of the molecule is Cc1cc(C(=O)N(C)[C@@H]2CCCC[C@@H](Oc3ccccc3)[C@@H]2O)on1. The summed E-state index contributed by atoms with van der Waals surface area (Å²) < 4.78 is 11.1. The second kappa shape index (κ2) is 7.70. The topological polar surface area (TPSA) is 75.8 Å². The van der Waals surface area contributed by atoms with E-state index in [1.807, 2.05) is 30.3 Å². The quantitative estimate of drug-likeness (QED) is 0.863. The molecule has 0 bridgehead atoms. The zero-order chi connectivity index (χ0) is 17.8. The lowest BCUT2D eigenvalue weighted by atomic mass is 10.0. The van der Waals surface area contributed by atoms with Gasteiger partial charge in [-0.25, -0.2) is 0 Å². The van der Waals surface area contributed by atoms with Crippen LogP contribution in [0.25, 0.3) is 0 Å². The second-order valence-corrected chi connectivity index (χ2v) is 6.56. The average molecular weight is 344 g/mol. The number of carbonyl (C=O) groups is 1. The van der Waals surface area contributed by atoms with Gasteiger partial charge in [-0.1, -0.05) is 29.8 Å². The molecule has 0 aliphatic heterocycles. The van der Waals surface area contributed by atoms with Crippen LogP contribution in [0.4, 0.5) is 0 Å². The number of likely N-dealkylation sites (N-methyl/N-ethyl adjacent to an activating group) is 1. The maximum atomic E-state index is 12.6. The van der Waals surface area contributed by atoms with Crippen molar-refractivity contribution in [3.05, 3.63) is 47.9 Å². The van der Waals surface area contributed by atoms with E-state index in [0.717, 1.165) is 31.4 Å². The minimum atomic E-state index is -0.763. The molecule has 1 heterocycles. The lowest BCUT2D eigenvalue weighted by Gasteiger charge is -2.33. The predicted octanol–water partition coefficient (Wildman–Crippen LogP) is 2.81. The summed E-state index contributed by atoms with van der Waals surface area (Å²) in [6, 6.07) is 10.8. The van der Waals surface area contributed by atoms with Gasteiger partial charge in [0.05, 0.1) is 11.7 Å². The van der Waals surface area contributed by atoms with E-state index >= 15 is 0 Å². The Morgan fingerprint density at radius 1 is 1.28 bits per heavy atom. The van der Waals surface area contributed by atoms with E-state index in [1.54, 1.807) is 24.9 Å². The number of rotatable bonds is 4. The summed E-state index contributed by atoms with van der Waals surface area (Å²) in [7, 11) is 1.69. The number of hydrogen-bond donors (Lipinski definition) is 1. The summed E-state index contributed by atoms with van der Waals surface area (Å²) in [4.78, 5) is 14.2. The number of aliphatic hydroxyl groups is 1. The van der Waals surface area contributed by atoms with E-state index in [9.17, 15) is 9.90 Å². The van der Waals surface area contributed by atoms with Crippen LogP contribution in [0.15, 0.2) is 40.9 Å². The summed E-state index contributed by atoms with van der Waals surface area (Å²) in [6.07, 6.45) is 2.27. The van der Waals surface area contributed by atoms with Crippen molar-refractivity contribution in [1.29, 1.82) is 0 Å². The molecule has 1 aliphatic rings. The summed E-state index contributed by atoms with van der Waals surface area (Å²) >= 11 is 0. The minimum Gasteiger partial charge on any atom is -0.488 e. The number of aryl methyl sites for hydroxylation is 1. The molecule has 0 unspecified atom stereocenters. The first-order valence-corrected chi connectivity index (χ1v) is 8.66. The summed E-state index contributed by atoms with van der Waals surface area (Å²) in [6.45, 7) is 1.77. The molecule has 6 nitrogen and oxygen atoms in total. The Kier molecular flexibility index (Phi) is 5.38. The number of ether oxygens (including phenoxy) is 1. The molecule has 1 aromatic heterocycles. The van der Waals surface area contributed by atoms with Gasteiger partial charge in [-0.2, -0.15) is 0 Å². The van der Waals surface area contributed by atoms with Gasteiger partial charge in [0.15, 0.2) is 0 Å². The Hall–Kier alpha value is -2.34. The lowest BCUT2D eigenvalue weighted by Crippen LogP contribution is -2.49. The van der Waals surface area contributed by atoms with Crippen LogP contribution in [0.2, 0.25) is 0 Å². The van der Waals surface area contributed by atoms with Crippen molar-refractivity contribution in [3.63, 3.8) is 0 Å². The van der Waals surface area contributed by atoms with Crippen LogP contribution in [-0.4, -0.2) is 46.4 Å². The highest BCUT2D eigenvalue weighted by molar-refractivity contribution is 5.91. The molecular formula is C19H24N2O4. The fourth-order valence-electron chi connectivity index (χ4n) is 3.30. The molecule has 1 aromatic carbocycles. The van der Waals surface area contributed by atoms with Crippen molar-refractivity contribution in [2.24, 2.45) is 0 Å². The summed E-state index contributed by atoms with van der Waals surface area (Å²) in [5.74, 6) is 0.647. The fourth-order valence-corrected chi connectivity index (χ4v) is 3.30. The van der Waals surface area contributed by atoms with Gasteiger partial charge >= 0.3 is 0 Å². The third kappa shape index (κ3) is 4.02. The van der Waals surface area contributed by atoms with Gasteiger partial charge in [0.1, 0.15) is 18.0 Å². The Morgan fingerprint density at radius 2 is 2.00 bits per heavy atom. The molecule has 2 aromatic rings. The number of benzene rings is 1. The first-order chi connectivity index (χ1) is 12.1. The highest BCUT2D eigenvalue weighted by Crippen LogP contribution is 2.27. The Labute approximate surface area is 147 Å². The van der Waals surface area contributed by atoms with Crippen LogP contribution in [-0.2, 0) is 0 Å². The number of aliphatic hydroxyl groups excluding tert-OH is 1. The maximum absolute atomic E-state index is 12.6. The van der Waals surface area contributed by atoms with Crippen LogP contribution in [0.3, 0.4) is 0 Å². The number of amides is 1. The number of para-hydroxylation sites is 1. The first kappa shape index (κ1) is 17.5. The van der Waals surface area contributed by atoms with E-state index < -0.39 is 6.10 Å². The van der Waals surface area contributed by atoms with Crippen LogP contribution < -0.4 is 4.74 Å². The van der Waals surface area contributed by atoms with Crippen molar-refractivity contribution in [3.8, 4) is 5.75 Å². The summed E-state index contributed by atoms with van der Waals surface area (Å²) in [5.41, 5.74) is 0.656. The van der Waals surface area contributed by atoms with Gasteiger partial charge in [-0.3, -0.25) is 4.79 Å². The molecule has 1 fully saturated rings. The second-order valence-electron chi connectivity index (χ2n) is 6.56. The normalized spacial score (nSPS) is 23.7. The third-order valence-corrected chi connectivity index (χ3v) is 4.70. The molecular weight excluding hydrogens is 320 g/mol. The molecule has 134 valence electrons. The van der Waals surface area contributed by atoms with Gasteiger partial charge in [0.25, 0.3) is 5.91 Å². The molecule has 1 amide bonds. The minimum absolute atomic E-state index is 0.192. The van der Waals surface area contributed by atoms with E-state index in [1.165, 1.54) is 0 Å². The molecule has 0 spiro atoms. The lowest BCUT2D eigenvalue weighted by molar-refractivity contribution is -0.0152. The van der Waals surface area contributed by atoms with Crippen LogP contribution in [0.5, 0.6) is 5.75 Å². The van der Waals surface area contributed by atoms with Crippen molar-refractivity contribution in [2.45, 2.75) is 50.9 Å². The van der Waals surface area contributed by atoms with Crippen molar-refractivity contribution >= 4 is 5.91 Å². The smallest absolute Gasteiger partial charge is 0.292 e. The van der Waals surface area contributed by atoms with Crippen molar-refractivity contribution < 1.29 is 19.2 Å². The largest absolute Gasteiger partial charge is 0.488 e. The van der Waals surface area contributed by atoms with Gasteiger partial charge in [-0.05, 0) is 38.3 Å². The van der Waals surface area contributed by atoms with E-state index in [2.05, 4.69) is 5.16 Å². The van der Waals surface area contributed by atoms with Gasteiger partial charge in [0.2, 0.25) is 5.76 Å². The van der Waals surface area contributed by atoms with Gasteiger partial charge in [-0.15, -0.1) is 0 Å². The number of aromatic nitrogens is 1. The number of hydrogen-bond acceptors (Lipinski definition) is 5. The molecule has 1 N–H and O–H groups in total. The summed E-state index contributed by atoms with van der Waals surface area (Å²) in [5, 5.41) is 14.6. The monoisotopic (exact) mass is 344 g/mol. The van der Waals surface area contributed by atoms with E-state index in [4.69, 9.17) is 9.26 Å². The van der Waals surface area contributed by atoms with Gasteiger partial charge < -0.3 is 19.3 Å². The van der Waals surface area contributed by atoms with E-state index in [-0.39, 0.29) is 23.8 Å². The number of carbonyl (C=O) groups excluding carboxylic acids is 1. The fraction of sp³-hybridized carbons (Fsp3) is 0.474. The van der Waals surface area contributed by atoms with Crippen LogP contribution in [0, 0.1) is 6.92 Å². The maximum Gasteiger partial charge on any atom is 0.292 e. The van der Waals surface area contributed by atoms with Crippen LogP contribution in [0.1, 0.15) is 41.9 Å². The van der Waals surface area contributed by atoms with E-state index in [0.29, 0.717) is 5.69 Å². The molecule has 1 saturated carbocycles. The zero-order valence-corrected chi connectivity index (χ0v) is 14.6. The third-order valence-electron chi connectivity index (χ3n) is 4.70. The predicted molar refractivity (Wildman–Crippen MR) is 92.5 cm³/mol. The molecule has 25 heavy (non-hydrogen) atoms. The Balaban J connectivity index is 1.74. The molecule has 0 saturated heterocycles. The highest BCUT2D eigenvalue weighted by atomic mass is 16.5. The van der Waals surface area contributed by atoms with Crippen molar-refractivity contribution in [2.75, 3.05) is 7.05 Å². The average Bonchev–Trinajstić information content (AvgIpc) is 2.98. The molecule has 1 aliphatic carbocycles. The standard InChI is InChI=1S/C19H24N2O4/c1-13-12-17(25-20-13)19(23)21(2)15-10-6-7-11-16(18(15)22)24-14-8-4-3-5-9-14/h3-5,8-9,12,15-16,18,22H,6-7,10-11H2,1-2H3/t15-,16-,18-/m1/s1. The molecule has 0 radical (unpaired) electrons.